The normalized spacial score (nSPS) is 24.6. The number of hydrogen-bond acceptors (Lipinski definition) is 2. The van der Waals surface area contributed by atoms with Crippen molar-refractivity contribution < 1.29 is 4.79 Å². The molecule has 2 heterocycles. The minimum Gasteiger partial charge on any atom is -0.361 e. The Morgan fingerprint density at radius 3 is 2.89 bits per heavy atom. The maximum absolute atomic E-state index is 12.6. The summed E-state index contributed by atoms with van der Waals surface area (Å²) in [6.07, 6.45) is 4.94. The number of amides is 1. The molecule has 0 radical (unpaired) electrons. The second-order valence-corrected chi connectivity index (χ2v) is 8.12. The Bertz CT molecular complexity index is 978. The Morgan fingerprint density at radius 1 is 1.19 bits per heavy atom. The number of fused-ring (bicyclic) bond motifs is 2. The molecule has 1 fully saturated rings. The van der Waals surface area contributed by atoms with Crippen LogP contribution in [0.4, 0.5) is 5.69 Å². The van der Waals surface area contributed by atoms with Gasteiger partial charge in [0.15, 0.2) is 0 Å². The van der Waals surface area contributed by atoms with Gasteiger partial charge in [-0.25, -0.2) is 0 Å². The molecule has 2 aliphatic rings. The van der Waals surface area contributed by atoms with Crippen LogP contribution in [0.5, 0.6) is 0 Å². The maximum atomic E-state index is 12.6. The third-order valence-electron chi connectivity index (χ3n) is 6.34. The van der Waals surface area contributed by atoms with Gasteiger partial charge in [0.25, 0.3) is 0 Å². The van der Waals surface area contributed by atoms with Gasteiger partial charge in [0.2, 0.25) is 5.91 Å². The standard InChI is InChI=1S/C23H25N3O/c1-26-14-15(11-22(27)25-17-6-3-2-4-7-17)10-19-18-8-5-9-20-23(18)16(13-24-20)12-21(19)26/h2-9,13,15,19,21,24H,10-12,14H2,1H3,(H,25,27)/t15-,19?,21+/m0/s1. The molecule has 138 valence electrons. The number of carbonyl (C=O) groups is 1. The Morgan fingerprint density at radius 2 is 2.04 bits per heavy atom. The van der Waals surface area contributed by atoms with E-state index in [1.807, 2.05) is 30.3 Å². The van der Waals surface area contributed by atoms with E-state index in [1.54, 1.807) is 0 Å². The summed E-state index contributed by atoms with van der Waals surface area (Å²) < 4.78 is 0. The Labute approximate surface area is 159 Å². The van der Waals surface area contributed by atoms with Gasteiger partial charge >= 0.3 is 0 Å². The van der Waals surface area contributed by atoms with E-state index >= 15 is 0 Å². The van der Waals surface area contributed by atoms with E-state index in [2.05, 4.69) is 46.6 Å². The summed E-state index contributed by atoms with van der Waals surface area (Å²) in [5.74, 6) is 1.01. The average Bonchev–Trinajstić information content (AvgIpc) is 3.08. The molecule has 1 saturated heterocycles. The van der Waals surface area contributed by atoms with E-state index in [9.17, 15) is 4.79 Å². The quantitative estimate of drug-likeness (QED) is 0.738. The molecule has 3 aromatic rings. The van der Waals surface area contributed by atoms with Crippen molar-refractivity contribution in [3.8, 4) is 0 Å². The molecule has 4 heteroatoms. The van der Waals surface area contributed by atoms with Crippen LogP contribution in [0.15, 0.2) is 54.7 Å². The summed E-state index contributed by atoms with van der Waals surface area (Å²) in [5.41, 5.74) is 5.02. The molecule has 1 unspecified atom stereocenters. The van der Waals surface area contributed by atoms with Gasteiger partial charge in [-0.2, -0.15) is 0 Å². The summed E-state index contributed by atoms with van der Waals surface area (Å²) in [6, 6.07) is 16.9. The monoisotopic (exact) mass is 359 g/mol. The molecule has 0 bridgehead atoms. The van der Waals surface area contributed by atoms with Crippen LogP contribution >= 0.6 is 0 Å². The predicted octanol–water partition coefficient (Wildman–Crippen LogP) is 4.16. The lowest BCUT2D eigenvalue weighted by molar-refractivity contribution is -0.117. The van der Waals surface area contributed by atoms with Gasteiger partial charge in [-0.3, -0.25) is 4.79 Å². The van der Waals surface area contributed by atoms with Crippen molar-refractivity contribution in [2.24, 2.45) is 5.92 Å². The van der Waals surface area contributed by atoms with Gasteiger partial charge < -0.3 is 15.2 Å². The molecular formula is C23H25N3O. The minimum atomic E-state index is 0.120. The molecule has 1 amide bonds. The number of nitrogens with zero attached hydrogens (tertiary/aromatic N) is 1. The topological polar surface area (TPSA) is 48.1 Å². The highest BCUT2D eigenvalue weighted by Crippen LogP contribution is 2.44. The predicted molar refractivity (Wildman–Crippen MR) is 109 cm³/mol. The number of carbonyl (C=O) groups excluding carboxylic acids is 1. The Balaban J connectivity index is 1.36. The van der Waals surface area contributed by atoms with Crippen LogP contribution in [0.2, 0.25) is 0 Å². The molecule has 0 saturated carbocycles. The summed E-state index contributed by atoms with van der Waals surface area (Å²) >= 11 is 0. The van der Waals surface area contributed by atoms with E-state index in [1.165, 1.54) is 22.0 Å². The highest BCUT2D eigenvalue weighted by molar-refractivity contribution is 5.91. The number of nitrogens with one attached hydrogen (secondary N) is 2. The van der Waals surface area contributed by atoms with Crippen LogP contribution in [-0.4, -0.2) is 35.4 Å². The Kier molecular flexibility index (Phi) is 4.01. The van der Waals surface area contributed by atoms with E-state index in [4.69, 9.17) is 0 Å². The first-order valence-corrected chi connectivity index (χ1v) is 9.83. The summed E-state index contributed by atoms with van der Waals surface area (Å²) in [5, 5.41) is 4.46. The Hall–Kier alpha value is -2.59. The van der Waals surface area contributed by atoms with Crippen molar-refractivity contribution in [2.75, 3.05) is 18.9 Å². The van der Waals surface area contributed by atoms with Crippen LogP contribution in [-0.2, 0) is 11.2 Å². The molecule has 1 aliphatic heterocycles. The highest BCUT2D eigenvalue weighted by atomic mass is 16.1. The van der Waals surface area contributed by atoms with Crippen LogP contribution in [0.3, 0.4) is 0 Å². The lowest BCUT2D eigenvalue weighted by atomic mass is 9.72. The van der Waals surface area contributed by atoms with E-state index < -0.39 is 0 Å². The number of aromatic nitrogens is 1. The largest absolute Gasteiger partial charge is 0.361 e. The number of anilines is 1. The molecular weight excluding hydrogens is 334 g/mol. The summed E-state index contributed by atoms with van der Waals surface area (Å²) in [7, 11) is 2.22. The number of benzene rings is 2. The smallest absolute Gasteiger partial charge is 0.224 e. The lowest BCUT2D eigenvalue weighted by Crippen LogP contribution is -2.48. The first-order valence-electron chi connectivity index (χ1n) is 9.83. The lowest BCUT2D eigenvalue weighted by Gasteiger charge is -2.45. The number of likely N-dealkylation sites (tertiary alicyclic amines) is 1. The zero-order valence-electron chi connectivity index (χ0n) is 15.6. The molecule has 1 aliphatic carbocycles. The molecule has 2 aromatic carbocycles. The fourth-order valence-electron chi connectivity index (χ4n) is 5.20. The number of likely N-dealkylation sites (N-methyl/N-ethyl adjacent to an activating group) is 1. The zero-order valence-corrected chi connectivity index (χ0v) is 15.6. The van der Waals surface area contributed by atoms with Gasteiger partial charge in [0.05, 0.1) is 0 Å². The van der Waals surface area contributed by atoms with Crippen LogP contribution in [0, 0.1) is 5.92 Å². The molecule has 2 N–H and O–H groups in total. The second-order valence-electron chi connectivity index (χ2n) is 8.12. The number of hydrogen-bond donors (Lipinski definition) is 2. The highest BCUT2D eigenvalue weighted by Gasteiger charge is 2.39. The molecule has 4 nitrogen and oxygen atoms in total. The van der Waals surface area contributed by atoms with E-state index in [0.29, 0.717) is 24.3 Å². The van der Waals surface area contributed by atoms with Crippen molar-refractivity contribution in [1.29, 1.82) is 0 Å². The van der Waals surface area contributed by atoms with Gasteiger partial charge in [-0.1, -0.05) is 30.3 Å². The molecule has 5 rings (SSSR count). The molecule has 27 heavy (non-hydrogen) atoms. The first-order chi connectivity index (χ1) is 13.2. The van der Waals surface area contributed by atoms with Crippen LogP contribution in [0.1, 0.15) is 29.9 Å². The average molecular weight is 359 g/mol. The number of H-pyrrole nitrogens is 1. The zero-order chi connectivity index (χ0) is 18.4. The molecule has 3 atom stereocenters. The summed E-state index contributed by atoms with van der Waals surface area (Å²) in [4.78, 5) is 18.5. The van der Waals surface area contributed by atoms with E-state index in [-0.39, 0.29) is 5.91 Å². The maximum Gasteiger partial charge on any atom is 0.224 e. The number of rotatable bonds is 3. The third kappa shape index (κ3) is 2.94. The number of para-hydroxylation sites is 1. The van der Waals surface area contributed by atoms with Crippen molar-refractivity contribution in [3.05, 3.63) is 65.9 Å². The van der Waals surface area contributed by atoms with Crippen LogP contribution < -0.4 is 5.32 Å². The number of piperidine rings is 1. The fourth-order valence-corrected chi connectivity index (χ4v) is 5.20. The van der Waals surface area contributed by atoms with Crippen molar-refractivity contribution >= 4 is 22.5 Å². The first kappa shape index (κ1) is 16.6. The van der Waals surface area contributed by atoms with Gasteiger partial charge in [0.1, 0.15) is 0 Å². The number of aromatic amines is 1. The molecule has 1 aromatic heterocycles. The van der Waals surface area contributed by atoms with Gasteiger partial charge in [-0.05, 0) is 55.1 Å². The van der Waals surface area contributed by atoms with Crippen molar-refractivity contribution in [2.45, 2.75) is 31.2 Å². The van der Waals surface area contributed by atoms with Gasteiger partial charge in [-0.15, -0.1) is 0 Å². The second kappa shape index (κ2) is 6.54. The van der Waals surface area contributed by atoms with E-state index in [0.717, 1.165) is 25.1 Å². The van der Waals surface area contributed by atoms with Crippen LogP contribution in [0.25, 0.3) is 10.9 Å². The SMILES string of the molecule is CN1C[C@H](CC(=O)Nc2ccccc2)CC2c3cccc4[nH]cc(c34)C[C@H]21. The van der Waals surface area contributed by atoms with Gasteiger partial charge in [0, 0.05) is 47.7 Å². The van der Waals surface area contributed by atoms with Crippen molar-refractivity contribution in [3.63, 3.8) is 0 Å². The third-order valence-corrected chi connectivity index (χ3v) is 6.34. The van der Waals surface area contributed by atoms with Crippen molar-refractivity contribution in [1.82, 2.24) is 9.88 Å². The molecule has 0 spiro atoms. The fraction of sp³-hybridized carbons (Fsp3) is 0.348. The minimum absolute atomic E-state index is 0.120. The summed E-state index contributed by atoms with van der Waals surface area (Å²) in [6.45, 7) is 0.985.